The van der Waals surface area contributed by atoms with Gasteiger partial charge in [0.1, 0.15) is 0 Å². The van der Waals surface area contributed by atoms with Crippen LogP contribution in [-0.4, -0.2) is 153 Å². The van der Waals surface area contributed by atoms with Gasteiger partial charge in [0.05, 0.1) is 0 Å². The number of nitrogen functional groups attached to an aromatic ring is 1. The minimum atomic E-state index is -2.35. The molecular formula is C37H48I6N6O14. The van der Waals surface area contributed by atoms with Gasteiger partial charge in [0.25, 0.3) is 0 Å². The molecule has 0 aromatic heterocycles. The minimum absolute atomic E-state index is 0.0109. The number of nitrogens with zero attached hydrogens (tertiary/aromatic N) is 1. The van der Waals surface area contributed by atoms with Crippen molar-refractivity contribution in [3.8, 4) is 0 Å². The topological polar surface area (TPSA) is 301 Å². The molecule has 352 valence electrons. The summed E-state index contributed by atoms with van der Waals surface area (Å²) in [4.78, 5) is 71.3. The van der Waals surface area contributed by atoms with Crippen LogP contribution in [-0.2, 0) is 23.7 Å². The molecule has 2 aliphatic rings. The van der Waals surface area contributed by atoms with Gasteiger partial charge in [0.2, 0.25) is 0 Å². The SMILES string of the molecule is C[C@H](O)C(=O)Nc1c(I)c(C(=O)NC(CO)CO)c(I)c(C(=O)NC(CO)CO)c1[IH]N(C(=O)c1c(I)c(N)c(I)c(C(=O)NC2COC(C)(C)OC2)c1I)C1COC(C)(C)OC1. The van der Waals surface area contributed by atoms with Gasteiger partial charge in [-0.15, -0.1) is 0 Å². The number of ether oxygens (including phenoxy) is 4. The van der Waals surface area contributed by atoms with Gasteiger partial charge < -0.3 is 0 Å². The molecule has 2 heterocycles. The van der Waals surface area contributed by atoms with Crippen molar-refractivity contribution in [1.29, 1.82) is 0 Å². The van der Waals surface area contributed by atoms with Crippen molar-refractivity contribution in [1.82, 2.24) is 19.1 Å². The van der Waals surface area contributed by atoms with E-state index in [0.29, 0.717) is 7.14 Å². The number of carbonyl (C=O) groups is 5. The first-order valence-electron chi connectivity index (χ1n) is 18.9. The van der Waals surface area contributed by atoms with Gasteiger partial charge in [0, 0.05) is 0 Å². The van der Waals surface area contributed by atoms with E-state index in [2.05, 4.69) is 21.3 Å². The van der Waals surface area contributed by atoms with Crippen LogP contribution in [0.4, 0.5) is 11.4 Å². The molecule has 20 nitrogen and oxygen atoms in total. The summed E-state index contributed by atoms with van der Waals surface area (Å²) in [5.74, 6) is -5.75. The van der Waals surface area contributed by atoms with Gasteiger partial charge in [-0.25, -0.2) is 0 Å². The second-order valence-electron chi connectivity index (χ2n) is 15.0. The second kappa shape index (κ2) is 23.8. The van der Waals surface area contributed by atoms with E-state index >= 15 is 4.79 Å². The molecule has 2 aromatic rings. The second-order valence-corrected chi connectivity index (χ2v) is 23.2. The summed E-state index contributed by atoms with van der Waals surface area (Å²) in [7, 11) is 0. The summed E-state index contributed by atoms with van der Waals surface area (Å²) in [6.45, 7) is 5.68. The zero-order chi connectivity index (χ0) is 47.3. The number of hydrogen-bond donors (Lipinski definition) is 10. The van der Waals surface area contributed by atoms with Gasteiger partial charge in [-0.1, -0.05) is 0 Å². The van der Waals surface area contributed by atoms with Crippen molar-refractivity contribution < 1.29 is 68.5 Å². The Morgan fingerprint density at radius 3 is 1.60 bits per heavy atom. The van der Waals surface area contributed by atoms with Crippen molar-refractivity contribution in [2.75, 3.05) is 63.9 Å². The maximum atomic E-state index is 15.5. The summed E-state index contributed by atoms with van der Waals surface area (Å²) in [6, 6.07) is -3.66. The third kappa shape index (κ3) is 13.4. The Balaban J connectivity index is 2.02. The normalized spacial score (nSPS) is 17.1. The fraction of sp³-hybridized carbons (Fsp3) is 0.541. The Labute approximate surface area is 441 Å². The molecule has 4 rings (SSSR count). The molecule has 0 radical (unpaired) electrons. The van der Waals surface area contributed by atoms with Crippen molar-refractivity contribution in [2.45, 2.75) is 76.5 Å². The molecule has 26 heteroatoms. The van der Waals surface area contributed by atoms with Crippen LogP contribution in [0.1, 0.15) is 76.1 Å². The van der Waals surface area contributed by atoms with E-state index in [-0.39, 0.29) is 74.3 Å². The first kappa shape index (κ1) is 55.2. The Morgan fingerprint density at radius 1 is 0.698 bits per heavy atom. The summed E-state index contributed by atoms with van der Waals surface area (Å²) < 4.78 is 26.1. The molecule has 0 unspecified atom stereocenters. The molecule has 2 saturated heterocycles. The molecule has 2 aliphatic heterocycles. The monoisotopic (exact) mass is 1560 g/mol. The summed E-state index contributed by atoms with van der Waals surface area (Å²) in [5, 5.41) is 60.5. The van der Waals surface area contributed by atoms with Crippen molar-refractivity contribution in [2.24, 2.45) is 0 Å². The fourth-order valence-corrected chi connectivity index (χ4v) is 16.8. The van der Waals surface area contributed by atoms with Crippen LogP contribution in [0.5, 0.6) is 0 Å². The molecule has 0 bridgehead atoms. The third-order valence-corrected chi connectivity index (χ3v) is 18.4. The summed E-state index contributed by atoms with van der Waals surface area (Å²) in [5.41, 5.74) is 6.47. The zero-order valence-corrected chi connectivity index (χ0v) is 47.4. The van der Waals surface area contributed by atoms with E-state index in [4.69, 9.17) is 24.7 Å². The molecule has 0 saturated carbocycles. The Hall–Kier alpha value is -0.390. The molecule has 0 spiro atoms. The van der Waals surface area contributed by atoms with E-state index in [1.807, 2.05) is 67.8 Å². The number of aliphatic hydroxyl groups excluding tert-OH is 5. The van der Waals surface area contributed by atoms with E-state index in [9.17, 15) is 44.7 Å². The average molecular weight is 1560 g/mol. The molecule has 63 heavy (non-hydrogen) atoms. The zero-order valence-electron chi connectivity index (χ0n) is 34.3. The van der Waals surface area contributed by atoms with Crippen LogP contribution < -0.4 is 27.0 Å². The number of aliphatic hydroxyl groups is 5. The predicted octanol–water partition coefficient (Wildman–Crippen LogP) is 1.74. The van der Waals surface area contributed by atoms with Crippen LogP contribution in [0.3, 0.4) is 0 Å². The van der Waals surface area contributed by atoms with Crippen LogP contribution in [0, 0.1) is 21.4 Å². The van der Waals surface area contributed by atoms with Crippen molar-refractivity contribution >= 4 is 175 Å². The number of benzene rings is 2. The quantitative estimate of drug-likeness (QED) is 0.0651. The van der Waals surface area contributed by atoms with E-state index < -0.39 is 119 Å². The number of anilines is 2. The number of rotatable bonds is 16. The number of hydrogen-bond acceptors (Lipinski definition) is 15. The Bertz CT molecular complexity index is 2070. The number of nitrogens with one attached hydrogen (secondary N) is 4. The van der Waals surface area contributed by atoms with E-state index in [1.54, 1.807) is 72.9 Å². The number of amides is 5. The van der Waals surface area contributed by atoms with Crippen molar-refractivity contribution in [3.63, 3.8) is 0 Å². The third-order valence-electron chi connectivity index (χ3n) is 9.33. The first-order valence-corrected chi connectivity index (χ1v) is 26.5. The summed E-state index contributed by atoms with van der Waals surface area (Å²) >= 11 is 7.02. The van der Waals surface area contributed by atoms with Gasteiger partial charge in [-0.05, 0) is 0 Å². The van der Waals surface area contributed by atoms with Crippen LogP contribution in [0.2, 0.25) is 0 Å². The Kier molecular flexibility index (Phi) is 20.8. The molecule has 11 N–H and O–H groups in total. The van der Waals surface area contributed by atoms with Gasteiger partial charge in [-0.2, -0.15) is 0 Å². The molecule has 1 atom stereocenters. The predicted molar refractivity (Wildman–Crippen MR) is 279 cm³/mol. The maximum absolute atomic E-state index is 15.5. The van der Waals surface area contributed by atoms with Crippen LogP contribution in [0.15, 0.2) is 0 Å². The van der Waals surface area contributed by atoms with Gasteiger partial charge in [-0.3, -0.25) is 0 Å². The van der Waals surface area contributed by atoms with E-state index in [1.165, 1.54) is 10.0 Å². The molecule has 0 aliphatic carbocycles. The standard InChI is InChI=1S/C37H48I6N6O14/c1-14(54)31(55)48-30-27(42)20(33(57)45-15(6-50)7-51)24(39)22(34(58)46-16(8-52)9-53)28(30)43-49(18-12-62-37(4,5)63-13-18)35(59)21-23(38)19(25(40)29(44)26(21)41)32(56)47-17-10-60-36(2,3)61-11-17/h14-18,43,50-54H,6-13,44H2,1-5H3,(H,45,57)(H,46,58)(H,47,56)(H,48,55)/t14-/m0/s1. The Morgan fingerprint density at radius 2 is 1.13 bits per heavy atom. The number of carbonyl (C=O) groups excluding carboxylic acids is 5. The van der Waals surface area contributed by atoms with Gasteiger partial charge in [0.15, 0.2) is 0 Å². The van der Waals surface area contributed by atoms with Crippen molar-refractivity contribution in [3.05, 3.63) is 43.7 Å². The van der Waals surface area contributed by atoms with Crippen LogP contribution >= 0.6 is 134 Å². The summed E-state index contributed by atoms with van der Waals surface area (Å²) in [6.07, 6.45) is -1.59. The van der Waals surface area contributed by atoms with E-state index in [0.717, 1.165) is 0 Å². The van der Waals surface area contributed by atoms with Crippen LogP contribution in [0.25, 0.3) is 0 Å². The average Bonchev–Trinajstić information content (AvgIpc) is 3.22. The molecule has 2 fully saturated rings. The van der Waals surface area contributed by atoms with Gasteiger partial charge >= 0.3 is 447 Å². The molecule has 5 amide bonds. The fourth-order valence-electron chi connectivity index (χ4n) is 5.73. The number of halogens is 6. The molecule has 2 aromatic carbocycles. The number of nitrogens with two attached hydrogens (primary N) is 1. The molecular weight excluding hydrogens is 1510 g/mol. The first-order chi connectivity index (χ1) is 29.4.